The van der Waals surface area contributed by atoms with Gasteiger partial charge in [0.25, 0.3) is 0 Å². The van der Waals surface area contributed by atoms with Gasteiger partial charge in [0, 0.05) is 25.6 Å². The van der Waals surface area contributed by atoms with Crippen molar-refractivity contribution in [3.8, 4) is 5.75 Å². The van der Waals surface area contributed by atoms with Gasteiger partial charge < -0.3 is 19.7 Å². The molecule has 2 fully saturated rings. The second-order valence-corrected chi connectivity index (χ2v) is 9.34. The second-order valence-electron chi connectivity index (χ2n) is 9.34. The number of nitrogens with zero attached hydrogens (tertiary/aromatic N) is 1. The van der Waals surface area contributed by atoms with E-state index in [4.69, 9.17) is 9.47 Å². The lowest BCUT2D eigenvalue weighted by atomic mass is 9.66. The van der Waals surface area contributed by atoms with Gasteiger partial charge in [0.1, 0.15) is 16.8 Å². The Morgan fingerprint density at radius 2 is 1.97 bits per heavy atom. The van der Waals surface area contributed by atoms with Crippen molar-refractivity contribution >= 4 is 17.8 Å². The number of carbonyl (C=O) groups excluding carboxylic acids is 3. The largest absolute Gasteiger partial charge is 0.497 e. The van der Waals surface area contributed by atoms with E-state index in [1.807, 2.05) is 24.3 Å². The van der Waals surface area contributed by atoms with Gasteiger partial charge in [-0.15, -0.1) is 6.58 Å². The van der Waals surface area contributed by atoms with E-state index in [0.29, 0.717) is 25.9 Å². The zero-order valence-corrected chi connectivity index (χ0v) is 18.8. The van der Waals surface area contributed by atoms with Crippen LogP contribution < -0.4 is 10.1 Å². The van der Waals surface area contributed by atoms with E-state index in [0.717, 1.165) is 11.3 Å². The number of likely N-dealkylation sites (tertiary alicyclic amines) is 1. The van der Waals surface area contributed by atoms with Crippen molar-refractivity contribution in [1.82, 2.24) is 10.2 Å². The van der Waals surface area contributed by atoms with E-state index in [-0.39, 0.29) is 30.2 Å². The first kappa shape index (κ1) is 22.8. The molecule has 168 valence electrons. The van der Waals surface area contributed by atoms with Crippen LogP contribution in [0.5, 0.6) is 5.75 Å². The number of nitrogens with one attached hydrogen (secondary N) is 1. The first-order valence-corrected chi connectivity index (χ1v) is 10.7. The van der Waals surface area contributed by atoms with Crippen LogP contribution in [0.4, 0.5) is 0 Å². The molecule has 3 atom stereocenters. The molecule has 1 spiro atoms. The van der Waals surface area contributed by atoms with E-state index in [1.54, 1.807) is 38.9 Å². The zero-order chi connectivity index (χ0) is 22.8. The fraction of sp³-hybridized carbons (Fsp3) is 0.542. The highest BCUT2D eigenvalue weighted by atomic mass is 16.6. The molecule has 1 aromatic rings. The van der Waals surface area contributed by atoms with Crippen molar-refractivity contribution < 1.29 is 23.9 Å². The third-order valence-corrected chi connectivity index (χ3v) is 6.03. The summed E-state index contributed by atoms with van der Waals surface area (Å²) in [7, 11) is 1.60. The van der Waals surface area contributed by atoms with Crippen LogP contribution in [0.3, 0.4) is 0 Å². The zero-order valence-electron chi connectivity index (χ0n) is 18.8. The summed E-state index contributed by atoms with van der Waals surface area (Å²) in [6.07, 6.45) is 2.54. The van der Waals surface area contributed by atoms with Crippen LogP contribution in [0.25, 0.3) is 0 Å². The lowest BCUT2D eigenvalue weighted by molar-refractivity contribution is -0.164. The van der Waals surface area contributed by atoms with Gasteiger partial charge >= 0.3 is 5.97 Å². The Kier molecular flexibility index (Phi) is 6.43. The summed E-state index contributed by atoms with van der Waals surface area (Å²) in [6, 6.07) is 7.22. The number of esters is 1. The highest BCUT2D eigenvalue weighted by Crippen LogP contribution is 2.46. The molecule has 3 rings (SSSR count). The Hall–Kier alpha value is -2.83. The van der Waals surface area contributed by atoms with Crippen LogP contribution in [-0.2, 0) is 25.7 Å². The Labute approximate surface area is 183 Å². The summed E-state index contributed by atoms with van der Waals surface area (Å²) < 4.78 is 10.7. The van der Waals surface area contributed by atoms with Gasteiger partial charge in [0.2, 0.25) is 11.8 Å². The molecule has 31 heavy (non-hydrogen) atoms. The average Bonchev–Trinajstić information content (AvgIpc) is 3.04. The lowest BCUT2D eigenvalue weighted by Gasteiger charge is -2.43. The van der Waals surface area contributed by atoms with Gasteiger partial charge in [0.15, 0.2) is 0 Å². The molecule has 0 aliphatic carbocycles. The average molecular weight is 429 g/mol. The van der Waals surface area contributed by atoms with Crippen LogP contribution in [0.1, 0.15) is 45.6 Å². The minimum Gasteiger partial charge on any atom is -0.497 e. The number of piperidine rings is 1. The first-order valence-electron chi connectivity index (χ1n) is 10.7. The van der Waals surface area contributed by atoms with Crippen molar-refractivity contribution in [2.24, 2.45) is 11.3 Å². The molecule has 0 aromatic heterocycles. The molecule has 0 radical (unpaired) electrons. The lowest BCUT2D eigenvalue weighted by Crippen LogP contribution is -2.57. The number of ether oxygens (including phenoxy) is 2. The molecule has 2 saturated heterocycles. The van der Waals surface area contributed by atoms with E-state index in [9.17, 15) is 14.4 Å². The number of methoxy groups -OCH3 is 1. The van der Waals surface area contributed by atoms with Gasteiger partial charge in [-0.1, -0.05) is 18.2 Å². The third kappa shape index (κ3) is 4.75. The van der Waals surface area contributed by atoms with Crippen LogP contribution in [0.2, 0.25) is 0 Å². The number of hydrogen-bond acceptors (Lipinski definition) is 5. The maximum atomic E-state index is 13.7. The highest BCUT2D eigenvalue weighted by Gasteiger charge is 2.60. The summed E-state index contributed by atoms with van der Waals surface area (Å²) in [6.45, 7) is 10.1. The Morgan fingerprint density at radius 3 is 2.52 bits per heavy atom. The molecule has 1 N–H and O–H groups in total. The smallest absolute Gasteiger partial charge is 0.306 e. The number of amides is 2. The van der Waals surface area contributed by atoms with E-state index >= 15 is 0 Å². The molecule has 7 nitrogen and oxygen atoms in total. The number of carbonyl (C=O) groups is 3. The standard InChI is InChI=1S/C24H32N2O5/c1-6-18-14-24(21(28)25-18)17(13-20(27)31-23(2,3)4)11-12-26(22(24)29)15-16-7-9-19(30-5)10-8-16/h6-10,17-18H,1,11-15H2,2-5H3,(H,25,28)/t17-,18-,24-/m0/s1. The van der Waals surface area contributed by atoms with E-state index in [1.165, 1.54) is 0 Å². The van der Waals surface area contributed by atoms with Gasteiger partial charge in [-0.3, -0.25) is 14.4 Å². The third-order valence-electron chi connectivity index (χ3n) is 6.03. The first-order chi connectivity index (χ1) is 14.6. The van der Waals surface area contributed by atoms with Crippen LogP contribution in [0.15, 0.2) is 36.9 Å². The monoisotopic (exact) mass is 428 g/mol. The van der Waals surface area contributed by atoms with Crippen LogP contribution >= 0.6 is 0 Å². The molecule has 2 aliphatic rings. The topological polar surface area (TPSA) is 84.9 Å². The molecular weight excluding hydrogens is 396 g/mol. The Bertz CT molecular complexity index is 858. The van der Waals surface area contributed by atoms with Gasteiger partial charge in [-0.2, -0.15) is 0 Å². The molecule has 0 unspecified atom stereocenters. The minimum absolute atomic E-state index is 0.0384. The molecule has 2 aliphatic heterocycles. The molecular formula is C24H32N2O5. The molecule has 0 bridgehead atoms. The second kappa shape index (κ2) is 8.73. The SMILES string of the molecule is C=C[C@H]1C[C@]2(C(=O)N1)C(=O)N(Cc1ccc(OC)cc1)CC[C@H]2CC(=O)OC(C)(C)C. The predicted molar refractivity (Wildman–Crippen MR) is 116 cm³/mol. The maximum absolute atomic E-state index is 13.7. The van der Waals surface area contributed by atoms with Crippen molar-refractivity contribution in [2.45, 2.75) is 58.2 Å². The molecule has 7 heteroatoms. The summed E-state index contributed by atoms with van der Waals surface area (Å²) in [4.78, 5) is 41.1. The van der Waals surface area contributed by atoms with Crippen molar-refractivity contribution in [1.29, 1.82) is 0 Å². The molecule has 1 aromatic carbocycles. The summed E-state index contributed by atoms with van der Waals surface area (Å²) in [5.41, 5.74) is -0.945. The van der Waals surface area contributed by atoms with Gasteiger partial charge in [0.05, 0.1) is 7.11 Å². The highest BCUT2D eigenvalue weighted by molar-refractivity contribution is 6.08. The molecule has 0 saturated carbocycles. The molecule has 2 amide bonds. The maximum Gasteiger partial charge on any atom is 0.306 e. The Balaban J connectivity index is 1.84. The quantitative estimate of drug-likeness (QED) is 0.428. The van der Waals surface area contributed by atoms with E-state index < -0.39 is 16.9 Å². The summed E-state index contributed by atoms with van der Waals surface area (Å²) in [5.74, 6) is -0.609. The van der Waals surface area contributed by atoms with Crippen molar-refractivity contribution in [2.75, 3.05) is 13.7 Å². The van der Waals surface area contributed by atoms with E-state index in [2.05, 4.69) is 11.9 Å². The fourth-order valence-corrected chi connectivity index (χ4v) is 4.55. The summed E-state index contributed by atoms with van der Waals surface area (Å²) >= 11 is 0. The predicted octanol–water partition coefficient (Wildman–Crippen LogP) is 2.84. The van der Waals surface area contributed by atoms with Gasteiger partial charge in [-0.05, 0) is 57.2 Å². The summed E-state index contributed by atoms with van der Waals surface area (Å²) in [5, 5.41) is 2.87. The normalized spacial score (nSPS) is 26.0. The number of hydrogen-bond donors (Lipinski definition) is 1. The van der Waals surface area contributed by atoms with Gasteiger partial charge in [-0.25, -0.2) is 0 Å². The minimum atomic E-state index is -1.28. The van der Waals surface area contributed by atoms with Crippen LogP contribution in [-0.4, -0.2) is 48.0 Å². The Morgan fingerprint density at radius 1 is 1.29 bits per heavy atom. The fourth-order valence-electron chi connectivity index (χ4n) is 4.55. The van der Waals surface area contributed by atoms with Crippen LogP contribution in [0, 0.1) is 11.3 Å². The number of rotatable bonds is 6. The van der Waals surface area contributed by atoms with Crippen molar-refractivity contribution in [3.05, 3.63) is 42.5 Å². The molecule has 2 heterocycles. The van der Waals surface area contributed by atoms with Crippen molar-refractivity contribution in [3.63, 3.8) is 0 Å². The number of benzene rings is 1.